The lowest BCUT2D eigenvalue weighted by molar-refractivity contribution is 0.340. The van der Waals surface area contributed by atoms with E-state index in [1.165, 1.54) is 6.20 Å². The Morgan fingerprint density at radius 1 is 1.33 bits per heavy atom. The maximum atomic E-state index is 8.69. The third-order valence-electron chi connectivity index (χ3n) is 2.31. The number of aromatic nitrogens is 1. The molecule has 0 fully saturated rings. The van der Waals surface area contributed by atoms with E-state index in [0.29, 0.717) is 18.0 Å². The zero-order valence-electron chi connectivity index (χ0n) is 10.1. The molecule has 0 spiro atoms. The molecule has 18 heavy (non-hydrogen) atoms. The third-order valence-corrected chi connectivity index (χ3v) is 2.31. The zero-order chi connectivity index (χ0) is 12.8. The van der Waals surface area contributed by atoms with E-state index in [1.807, 2.05) is 37.3 Å². The van der Waals surface area contributed by atoms with Crippen molar-refractivity contribution in [2.75, 3.05) is 11.9 Å². The number of rotatable bonds is 4. The van der Waals surface area contributed by atoms with Crippen LogP contribution >= 0.6 is 0 Å². The Kier molecular flexibility index (Phi) is 3.77. The molecule has 0 radical (unpaired) electrons. The maximum absolute atomic E-state index is 8.69. The monoisotopic (exact) mass is 239 g/mol. The largest absolute Gasteiger partial charge is 0.494 e. The van der Waals surface area contributed by atoms with Gasteiger partial charge in [0.1, 0.15) is 17.6 Å². The Labute approximate surface area is 106 Å². The van der Waals surface area contributed by atoms with Crippen molar-refractivity contribution in [3.63, 3.8) is 0 Å². The Balaban J connectivity index is 2.12. The highest BCUT2D eigenvalue weighted by atomic mass is 16.5. The van der Waals surface area contributed by atoms with Crippen molar-refractivity contribution < 1.29 is 4.74 Å². The molecule has 0 saturated carbocycles. The fourth-order valence-electron chi connectivity index (χ4n) is 1.51. The first kappa shape index (κ1) is 11.9. The summed E-state index contributed by atoms with van der Waals surface area (Å²) in [5.74, 6) is 1.51. The number of anilines is 2. The van der Waals surface area contributed by atoms with Gasteiger partial charge in [0, 0.05) is 18.0 Å². The minimum Gasteiger partial charge on any atom is -0.494 e. The van der Waals surface area contributed by atoms with E-state index in [0.717, 1.165) is 11.4 Å². The Morgan fingerprint density at radius 3 is 2.89 bits per heavy atom. The fraction of sp³-hybridized carbons (Fsp3) is 0.143. The molecular weight excluding hydrogens is 226 g/mol. The van der Waals surface area contributed by atoms with Crippen LogP contribution in [0.4, 0.5) is 11.5 Å². The molecule has 0 atom stereocenters. The minimum absolute atomic E-state index is 0.545. The average Bonchev–Trinajstić information content (AvgIpc) is 2.40. The van der Waals surface area contributed by atoms with E-state index >= 15 is 0 Å². The number of pyridine rings is 1. The first-order valence-corrected chi connectivity index (χ1v) is 5.68. The lowest BCUT2D eigenvalue weighted by Crippen LogP contribution is -1.95. The Hall–Kier alpha value is -2.54. The Bertz CT molecular complexity index is 558. The molecular formula is C14H13N3O. The number of nitriles is 1. The normalized spacial score (nSPS) is 9.56. The molecule has 2 rings (SSSR count). The maximum Gasteiger partial charge on any atom is 0.130 e. The van der Waals surface area contributed by atoms with Crippen LogP contribution in [0.1, 0.15) is 12.5 Å². The van der Waals surface area contributed by atoms with Gasteiger partial charge in [0.05, 0.1) is 12.2 Å². The smallest absolute Gasteiger partial charge is 0.130 e. The van der Waals surface area contributed by atoms with Gasteiger partial charge < -0.3 is 10.1 Å². The summed E-state index contributed by atoms with van der Waals surface area (Å²) in [5.41, 5.74) is 1.45. The molecule has 4 heteroatoms. The molecule has 4 nitrogen and oxygen atoms in total. The van der Waals surface area contributed by atoms with E-state index in [1.54, 1.807) is 12.1 Å². The Morgan fingerprint density at radius 2 is 2.22 bits per heavy atom. The van der Waals surface area contributed by atoms with Gasteiger partial charge in [0.15, 0.2) is 0 Å². The molecule has 1 heterocycles. The molecule has 0 aliphatic rings. The fourth-order valence-corrected chi connectivity index (χ4v) is 1.51. The van der Waals surface area contributed by atoms with Crippen molar-refractivity contribution in [1.29, 1.82) is 5.26 Å². The molecule has 0 amide bonds. The molecule has 2 aromatic rings. The summed E-state index contributed by atoms with van der Waals surface area (Å²) in [5, 5.41) is 11.8. The van der Waals surface area contributed by atoms with Gasteiger partial charge in [-0.15, -0.1) is 0 Å². The van der Waals surface area contributed by atoms with Crippen molar-refractivity contribution in [1.82, 2.24) is 4.98 Å². The van der Waals surface area contributed by atoms with Crippen LogP contribution in [0.15, 0.2) is 42.6 Å². The summed E-state index contributed by atoms with van der Waals surface area (Å²) in [6.45, 7) is 2.58. The summed E-state index contributed by atoms with van der Waals surface area (Å²) in [7, 11) is 0. The molecule has 0 aliphatic heterocycles. The predicted molar refractivity (Wildman–Crippen MR) is 69.8 cm³/mol. The molecule has 0 unspecified atom stereocenters. The van der Waals surface area contributed by atoms with Crippen molar-refractivity contribution in [2.45, 2.75) is 6.92 Å². The van der Waals surface area contributed by atoms with Crippen LogP contribution in [-0.2, 0) is 0 Å². The van der Waals surface area contributed by atoms with E-state index in [-0.39, 0.29) is 0 Å². The summed E-state index contributed by atoms with van der Waals surface area (Å²) >= 11 is 0. The van der Waals surface area contributed by atoms with E-state index in [2.05, 4.69) is 10.3 Å². The molecule has 0 saturated heterocycles. The first-order chi connectivity index (χ1) is 8.81. The molecule has 1 N–H and O–H groups in total. The summed E-state index contributed by atoms with van der Waals surface area (Å²) in [6, 6.07) is 13.2. The highest BCUT2D eigenvalue weighted by Gasteiger charge is 1.98. The molecule has 1 aromatic heterocycles. The number of nitrogens with zero attached hydrogens (tertiary/aromatic N) is 2. The molecule has 0 bridgehead atoms. The van der Waals surface area contributed by atoms with Gasteiger partial charge >= 0.3 is 0 Å². The number of ether oxygens (including phenoxy) is 1. The van der Waals surface area contributed by atoms with Gasteiger partial charge in [-0.1, -0.05) is 6.07 Å². The van der Waals surface area contributed by atoms with Gasteiger partial charge in [0.2, 0.25) is 0 Å². The van der Waals surface area contributed by atoms with Crippen molar-refractivity contribution in [2.24, 2.45) is 0 Å². The van der Waals surface area contributed by atoms with Gasteiger partial charge in [0.25, 0.3) is 0 Å². The van der Waals surface area contributed by atoms with Crippen molar-refractivity contribution in [3.05, 3.63) is 48.2 Å². The molecule has 1 aromatic carbocycles. The topological polar surface area (TPSA) is 57.9 Å². The van der Waals surface area contributed by atoms with E-state index in [9.17, 15) is 0 Å². The summed E-state index contributed by atoms with van der Waals surface area (Å²) in [6.07, 6.45) is 1.54. The lowest BCUT2D eigenvalue weighted by Gasteiger charge is -2.08. The van der Waals surface area contributed by atoms with Gasteiger partial charge in [-0.25, -0.2) is 4.98 Å². The summed E-state index contributed by atoms with van der Waals surface area (Å²) in [4.78, 5) is 4.15. The van der Waals surface area contributed by atoms with Gasteiger partial charge in [-0.2, -0.15) is 5.26 Å². The second kappa shape index (κ2) is 5.69. The quantitative estimate of drug-likeness (QED) is 0.890. The van der Waals surface area contributed by atoms with E-state index in [4.69, 9.17) is 10.00 Å². The lowest BCUT2D eigenvalue weighted by atomic mass is 10.3. The summed E-state index contributed by atoms with van der Waals surface area (Å²) < 4.78 is 5.42. The minimum atomic E-state index is 0.545. The van der Waals surface area contributed by atoms with Crippen molar-refractivity contribution in [3.8, 4) is 11.8 Å². The number of benzene rings is 1. The molecule has 0 aliphatic carbocycles. The van der Waals surface area contributed by atoms with Crippen molar-refractivity contribution >= 4 is 11.5 Å². The van der Waals surface area contributed by atoms with E-state index < -0.39 is 0 Å². The second-order valence-electron chi connectivity index (χ2n) is 3.63. The third kappa shape index (κ3) is 2.98. The second-order valence-corrected chi connectivity index (χ2v) is 3.63. The van der Waals surface area contributed by atoms with Crippen LogP contribution in [0.25, 0.3) is 0 Å². The SMILES string of the molecule is CCOc1cccc(Nc2ccc(C#N)cn2)c1. The van der Waals surface area contributed by atoms with Crippen LogP contribution in [0.5, 0.6) is 5.75 Å². The van der Waals surface area contributed by atoms with Gasteiger partial charge in [-0.05, 0) is 31.2 Å². The first-order valence-electron chi connectivity index (χ1n) is 5.68. The number of hydrogen-bond donors (Lipinski definition) is 1. The highest BCUT2D eigenvalue weighted by molar-refractivity contribution is 5.58. The van der Waals surface area contributed by atoms with Crippen LogP contribution in [0.2, 0.25) is 0 Å². The molecule has 90 valence electrons. The van der Waals surface area contributed by atoms with Crippen LogP contribution in [0.3, 0.4) is 0 Å². The number of hydrogen-bond acceptors (Lipinski definition) is 4. The van der Waals surface area contributed by atoms with Crippen LogP contribution < -0.4 is 10.1 Å². The van der Waals surface area contributed by atoms with Crippen LogP contribution in [-0.4, -0.2) is 11.6 Å². The zero-order valence-corrected chi connectivity index (χ0v) is 10.1. The van der Waals surface area contributed by atoms with Gasteiger partial charge in [-0.3, -0.25) is 0 Å². The highest BCUT2D eigenvalue weighted by Crippen LogP contribution is 2.20. The number of nitrogens with one attached hydrogen (secondary N) is 1. The standard InChI is InChI=1S/C14H13N3O/c1-2-18-13-5-3-4-12(8-13)17-14-7-6-11(9-15)10-16-14/h3-8,10H,2H2,1H3,(H,16,17). The predicted octanol–water partition coefficient (Wildman–Crippen LogP) is 3.10. The average molecular weight is 239 g/mol. The van der Waals surface area contributed by atoms with Crippen LogP contribution in [0, 0.1) is 11.3 Å².